The molecule has 1 aliphatic rings. The molecular weight excluding hydrogens is 228 g/mol. The first kappa shape index (κ1) is 15.9. The SMILES string of the molecule is COCCOCCOC1CC(C)CCC1C(C)C. The zero-order chi connectivity index (χ0) is 13.4. The lowest BCUT2D eigenvalue weighted by Gasteiger charge is -2.37. The maximum absolute atomic E-state index is 6.04. The van der Waals surface area contributed by atoms with Crippen molar-refractivity contribution in [2.45, 2.75) is 46.1 Å². The van der Waals surface area contributed by atoms with Gasteiger partial charge in [-0.05, 0) is 30.6 Å². The molecule has 3 heteroatoms. The molecule has 1 rings (SSSR count). The second-order valence-electron chi connectivity index (χ2n) is 5.84. The van der Waals surface area contributed by atoms with Crippen LogP contribution in [0.3, 0.4) is 0 Å². The van der Waals surface area contributed by atoms with Crippen LogP contribution in [0.4, 0.5) is 0 Å². The average molecular weight is 258 g/mol. The van der Waals surface area contributed by atoms with Gasteiger partial charge in [0.2, 0.25) is 0 Å². The van der Waals surface area contributed by atoms with Crippen molar-refractivity contribution in [3.63, 3.8) is 0 Å². The van der Waals surface area contributed by atoms with Gasteiger partial charge in [0.25, 0.3) is 0 Å². The number of methoxy groups -OCH3 is 1. The van der Waals surface area contributed by atoms with Crippen molar-refractivity contribution >= 4 is 0 Å². The quantitative estimate of drug-likeness (QED) is 0.626. The molecule has 0 aromatic rings. The second kappa shape index (κ2) is 8.89. The summed E-state index contributed by atoms with van der Waals surface area (Å²) in [5.74, 6) is 2.25. The highest BCUT2D eigenvalue weighted by Crippen LogP contribution is 2.35. The molecule has 0 aromatic heterocycles. The smallest absolute Gasteiger partial charge is 0.0704 e. The van der Waals surface area contributed by atoms with Crippen LogP contribution in [0, 0.1) is 17.8 Å². The lowest BCUT2D eigenvalue weighted by Crippen LogP contribution is -2.35. The van der Waals surface area contributed by atoms with Gasteiger partial charge in [0.05, 0.1) is 32.5 Å². The van der Waals surface area contributed by atoms with Crippen LogP contribution in [0.2, 0.25) is 0 Å². The highest BCUT2D eigenvalue weighted by molar-refractivity contribution is 4.81. The lowest BCUT2D eigenvalue weighted by atomic mass is 9.75. The van der Waals surface area contributed by atoms with E-state index in [9.17, 15) is 0 Å². The van der Waals surface area contributed by atoms with E-state index in [-0.39, 0.29) is 0 Å². The van der Waals surface area contributed by atoms with Gasteiger partial charge in [0.15, 0.2) is 0 Å². The van der Waals surface area contributed by atoms with Crippen molar-refractivity contribution in [1.82, 2.24) is 0 Å². The minimum atomic E-state index is 0.430. The van der Waals surface area contributed by atoms with Crippen LogP contribution in [0.5, 0.6) is 0 Å². The molecule has 0 heterocycles. The molecule has 108 valence electrons. The Balaban J connectivity index is 2.20. The van der Waals surface area contributed by atoms with E-state index < -0.39 is 0 Å². The third-order valence-electron chi connectivity index (χ3n) is 3.95. The molecule has 0 amide bonds. The molecule has 3 atom stereocenters. The minimum Gasteiger partial charge on any atom is -0.382 e. The second-order valence-corrected chi connectivity index (χ2v) is 5.84. The summed E-state index contributed by atoms with van der Waals surface area (Å²) in [7, 11) is 1.69. The van der Waals surface area contributed by atoms with E-state index in [0.29, 0.717) is 32.5 Å². The summed E-state index contributed by atoms with van der Waals surface area (Å²) in [5.41, 5.74) is 0. The molecule has 0 bridgehead atoms. The van der Waals surface area contributed by atoms with Crippen molar-refractivity contribution in [1.29, 1.82) is 0 Å². The normalized spacial score (nSPS) is 28.8. The highest BCUT2D eigenvalue weighted by atomic mass is 16.5. The van der Waals surface area contributed by atoms with E-state index in [4.69, 9.17) is 14.2 Å². The maximum atomic E-state index is 6.04. The van der Waals surface area contributed by atoms with Gasteiger partial charge in [-0.1, -0.05) is 27.2 Å². The molecule has 0 aromatic carbocycles. The third-order valence-corrected chi connectivity index (χ3v) is 3.95. The summed E-state index contributed by atoms with van der Waals surface area (Å²) < 4.78 is 16.4. The number of hydrogen-bond donors (Lipinski definition) is 0. The van der Waals surface area contributed by atoms with E-state index in [0.717, 1.165) is 17.8 Å². The van der Waals surface area contributed by atoms with Gasteiger partial charge in [0, 0.05) is 7.11 Å². The van der Waals surface area contributed by atoms with Gasteiger partial charge >= 0.3 is 0 Å². The predicted octanol–water partition coefficient (Wildman–Crippen LogP) is 3.13. The molecule has 3 unspecified atom stereocenters. The minimum absolute atomic E-state index is 0.430. The van der Waals surface area contributed by atoms with Crippen LogP contribution in [-0.2, 0) is 14.2 Å². The van der Waals surface area contributed by atoms with E-state index >= 15 is 0 Å². The Hall–Kier alpha value is -0.120. The predicted molar refractivity (Wildman–Crippen MR) is 73.8 cm³/mol. The van der Waals surface area contributed by atoms with Gasteiger partial charge in [-0.3, -0.25) is 0 Å². The topological polar surface area (TPSA) is 27.7 Å². The van der Waals surface area contributed by atoms with Gasteiger partial charge in [-0.25, -0.2) is 0 Å². The summed E-state index contributed by atoms with van der Waals surface area (Å²) in [6.07, 6.45) is 4.31. The van der Waals surface area contributed by atoms with Crippen molar-refractivity contribution in [2.24, 2.45) is 17.8 Å². The third kappa shape index (κ3) is 5.68. The Morgan fingerprint density at radius 3 is 2.44 bits per heavy atom. The van der Waals surface area contributed by atoms with Crippen LogP contribution < -0.4 is 0 Å². The van der Waals surface area contributed by atoms with E-state index in [2.05, 4.69) is 20.8 Å². The van der Waals surface area contributed by atoms with Gasteiger partial charge in [-0.2, -0.15) is 0 Å². The molecule has 0 spiro atoms. The first-order valence-corrected chi connectivity index (χ1v) is 7.33. The summed E-state index contributed by atoms with van der Waals surface area (Å²) in [4.78, 5) is 0. The van der Waals surface area contributed by atoms with Crippen LogP contribution in [0.15, 0.2) is 0 Å². The Morgan fingerprint density at radius 2 is 1.78 bits per heavy atom. The van der Waals surface area contributed by atoms with Crippen molar-refractivity contribution in [2.75, 3.05) is 33.5 Å². The Morgan fingerprint density at radius 1 is 1.06 bits per heavy atom. The van der Waals surface area contributed by atoms with Crippen LogP contribution >= 0.6 is 0 Å². The van der Waals surface area contributed by atoms with E-state index in [1.807, 2.05) is 0 Å². The first-order chi connectivity index (χ1) is 8.65. The fraction of sp³-hybridized carbons (Fsp3) is 1.00. The largest absolute Gasteiger partial charge is 0.382 e. The van der Waals surface area contributed by atoms with Crippen molar-refractivity contribution in [3.05, 3.63) is 0 Å². The van der Waals surface area contributed by atoms with Gasteiger partial charge in [-0.15, -0.1) is 0 Å². The van der Waals surface area contributed by atoms with Crippen molar-refractivity contribution < 1.29 is 14.2 Å². The van der Waals surface area contributed by atoms with Crippen LogP contribution in [-0.4, -0.2) is 39.6 Å². The Kier molecular flexibility index (Phi) is 7.87. The van der Waals surface area contributed by atoms with Crippen LogP contribution in [0.1, 0.15) is 40.0 Å². The van der Waals surface area contributed by atoms with Crippen LogP contribution in [0.25, 0.3) is 0 Å². The van der Waals surface area contributed by atoms with Gasteiger partial charge in [0.1, 0.15) is 0 Å². The Labute approximate surface area is 112 Å². The summed E-state index contributed by atoms with van der Waals surface area (Å²) in [6, 6.07) is 0. The molecule has 0 radical (unpaired) electrons. The summed E-state index contributed by atoms with van der Waals surface area (Å²) in [6.45, 7) is 9.67. The first-order valence-electron chi connectivity index (χ1n) is 7.33. The molecular formula is C15H30O3. The molecule has 1 aliphatic carbocycles. The van der Waals surface area contributed by atoms with Gasteiger partial charge < -0.3 is 14.2 Å². The van der Waals surface area contributed by atoms with E-state index in [1.165, 1.54) is 19.3 Å². The lowest BCUT2D eigenvalue weighted by molar-refractivity contribution is -0.0611. The zero-order valence-corrected chi connectivity index (χ0v) is 12.5. The molecule has 3 nitrogen and oxygen atoms in total. The maximum Gasteiger partial charge on any atom is 0.0704 e. The fourth-order valence-corrected chi connectivity index (χ4v) is 2.81. The summed E-state index contributed by atoms with van der Waals surface area (Å²) in [5, 5.41) is 0. The number of hydrogen-bond acceptors (Lipinski definition) is 3. The number of rotatable bonds is 8. The molecule has 1 saturated carbocycles. The van der Waals surface area contributed by atoms with Crippen molar-refractivity contribution in [3.8, 4) is 0 Å². The molecule has 0 N–H and O–H groups in total. The average Bonchev–Trinajstić information content (AvgIpc) is 2.33. The number of ether oxygens (including phenoxy) is 3. The van der Waals surface area contributed by atoms with E-state index in [1.54, 1.807) is 7.11 Å². The zero-order valence-electron chi connectivity index (χ0n) is 12.5. The highest BCUT2D eigenvalue weighted by Gasteiger charge is 2.31. The molecule has 1 fully saturated rings. The molecule has 0 saturated heterocycles. The standard InChI is InChI=1S/C15H30O3/c1-12(2)14-6-5-13(3)11-15(14)18-10-9-17-8-7-16-4/h12-15H,5-11H2,1-4H3. The molecule has 0 aliphatic heterocycles. The fourth-order valence-electron chi connectivity index (χ4n) is 2.81. The Bertz CT molecular complexity index is 206. The summed E-state index contributed by atoms with van der Waals surface area (Å²) >= 11 is 0. The molecule has 18 heavy (non-hydrogen) atoms. The monoisotopic (exact) mass is 258 g/mol.